The molecule has 1 aliphatic heterocycles. The minimum atomic E-state index is -0.999. The maximum Gasteiger partial charge on any atom is 0.190 e. The predicted molar refractivity (Wildman–Crippen MR) is 103 cm³/mol. The Labute approximate surface area is 169 Å². The number of aliphatic hydroxyl groups excluding tert-OH is 2. The molecular formula is C22H27ClO5. The maximum absolute atomic E-state index is 12.8. The van der Waals surface area contributed by atoms with Crippen molar-refractivity contribution in [3.05, 3.63) is 23.8 Å². The average molecular weight is 407 g/mol. The van der Waals surface area contributed by atoms with Gasteiger partial charge in [0.15, 0.2) is 11.6 Å². The number of fused-ring (bicyclic) bond motifs is 4. The Morgan fingerprint density at radius 3 is 2.79 bits per heavy atom. The highest BCUT2D eigenvalue weighted by Gasteiger charge is 2.80. The zero-order valence-corrected chi connectivity index (χ0v) is 17.0. The molecule has 1 heterocycles. The van der Waals surface area contributed by atoms with Crippen LogP contribution in [0.4, 0.5) is 0 Å². The molecule has 5 rings (SSSR count). The van der Waals surface area contributed by atoms with Crippen molar-refractivity contribution in [3.8, 4) is 0 Å². The highest BCUT2D eigenvalue weighted by atomic mass is 35.5. The fourth-order valence-corrected chi connectivity index (χ4v) is 8.30. The number of allylic oxidation sites excluding steroid dienone is 4. The summed E-state index contributed by atoms with van der Waals surface area (Å²) in [6, 6.07) is 0. The van der Waals surface area contributed by atoms with Crippen LogP contribution in [0, 0.1) is 28.6 Å². The van der Waals surface area contributed by atoms with Gasteiger partial charge < -0.3 is 14.9 Å². The second-order valence-corrected chi connectivity index (χ2v) is 10.4. The molecular weight excluding hydrogens is 380 g/mol. The number of hydrogen-bond acceptors (Lipinski definition) is 5. The maximum atomic E-state index is 12.8. The Bertz CT molecular complexity index is 835. The Hall–Kier alpha value is -1.01. The van der Waals surface area contributed by atoms with Crippen molar-refractivity contribution in [1.29, 1.82) is 0 Å². The molecule has 28 heavy (non-hydrogen) atoms. The molecule has 8 atom stereocenters. The number of ether oxygens (including phenoxy) is 1. The van der Waals surface area contributed by atoms with E-state index in [2.05, 4.69) is 0 Å². The van der Waals surface area contributed by atoms with Gasteiger partial charge in [-0.2, -0.15) is 0 Å². The van der Waals surface area contributed by atoms with Crippen molar-refractivity contribution in [1.82, 2.24) is 0 Å². The van der Waals surface area contributed by atoms with Gasteiger partial charge in [0.25, 0.3) is 0 Å². The molecule has 0 aromatic heterocycles. The number of carbonyl (C=O) groups excluding carboxylic acids is 2. The van der Waals surface area contributed by atoms with Crippen molar-refractivity contribution >= 4 is 23.2 Å². The molecule has 0 amide bonds. The minimum absolute atomic E-state index is 0.0117. The summed E-state index contributed by atoms with van der Waals surface area (Å²) in [4.78, 5) is 23.8. The minimum Gasteiger partial charge on any atom is -0.391 e. The lowest BCUT2D eigenvalue weighted by atomic mass is 9.44. The fourth-order valence-electron chi connectivity index (χ4n) is 7.78. The summed E-state index contributed by atoms with van der Waals surface area (Å²) < 4.78 is 5.94. The highest BCUT2D eigenvalue weighted by molar-refractivity contribution is 6.26. The number of alkyl halides is 1. The SMILES string of the molecule is C[C@H]1C[C@H]2[C@@H]3CCC4=CC(=O)C=C[C@]4(C)[C@@]3(Cl)[C@@H](O)C[C@@]23CO[C@]13C(=O)CO. The number of Topliss-reactive ketones (excluding diaryl/α,β-unsaturated/α-hetero) is 1. The van der Waals surface area contributed by atoms with E-state index in [9.17, 15) is 19.8 Å². The van der Waals surface area contributed by atoms with E-state index in [-0.39, 0.29) is 29.3 Å². The van der Waals surface area contributed by atoms with Gasteiger partial charge in [-0.25, -0.2) is 0 Å². The lowest BCUT2D eigenvalue weighted by Crippen LogP contribution is -2.76. The van der Waals surface area contributed by atoms with Crippen LogP contribution in [0.3, 0.4) is 0 Å². The Kier molecular flexibility index (Phi) is 3.78. The molecule has 1 saturated heterocycles. The Balaban J connectivity index is 1.63. The average Bonchev–Trinajstić information content (AvgIpc) is 2.80. The third-order valence-electron chi connectivity index (χ3n) is 9.02. The first-order valence-corrected chi connectivity index (χ1v) is 10.6. The largest absolute Gasteiger partial charge is 0.391 e. The summed E-state index contributed by atoms with van der Waals surface area (Å²) in [7, 11) is 0. The van der Waals surface area contributed by atoms with Crippen LogP contribution >= 0.6 is 11.6 Å². The van der Waals surface area contributed by atoms with Crippen LogP contribution in [0.2, 0.25) is 0 Å². The van der Waals surface area contributed by atoms with Crippen LogP contribution in [0.1, 0.15) is 39.5 Å². The monoisotopic (exact) mass is 406 g/mol. The standard InChI is InChI=1S/C22H27ClO5/c1-12-7-16-15-4-3-13-8-14(25)5-6-19(13,2)21(15,23)17(26)9-20(16)11-28-22(12,20)18(27)10-24/h5-6,8,12,15-17,24,26H,3-4,7,9-11H2,1-2H3/t12-,15-,16-,17-,19-,20+,21-,22-/m0/s1. The van der Waals surface area contributed by atoms with E-state index < -0.39 is 34.0 Å². The van der Waals surface area contributed by atoms with Gasteiger partial charge in [-0.1, -0.05) is 25.5 Å². The lowest BCUT2D eigenvalue weighted by molar-refractivity contribution is -0.292. The first-order chi connectivity index (χ1) is 13.2. The van der Waals surface area contributed by atoms with Crippen LogP contribution in [0.5, 0.6) is 0 Å². The molecule has 5 aliphatic rings. The Morgan fingerprint density at radius 1 is 1.39 bits per heavy atom. The molecule has 0 unspecified atom stereocenters. The molecule has 0 bridgehead atoms. The summed E-state index contributed by atoms with van der Waals surface area (Å²) in [5, 5.41) is 21.1. The van der Waals surface area contributed by atoms with E-state index >= 15 is 0 Å². The van der Waals surface area contributed by atoms with Gasteiger partial charge in [0.05, 0.1) is 17.6 Å². The molecule has 0 aromatic carbocycles. The first kappa shape index (κ1) is 19.0. The van der Waals surface area contributed by atoms with E-state index in [1.165, 1.54) is 0 Å². The predicted octanol–water partition coefficient (Wildman–Crippen LogP) is 2.18. The van der Waals surface area contributed by atoms with E-state index in [1.807, 2.05) is 19.9 Å². The number of ketones is 2. The van der Waals surface area contributed by atoms with Gasteiger partial charge in [-0.05, 0) is 55.6 Å². The normalized spacial score (nSPS) is 54.0. The molecule has 3 saturated carbocycles. The van der Waals surface area contributed by atoms with Crippen LogP contribution in [0.25, 0.3) is 0 Å². The van der Waals surface area contributed by atoms with Gasteiger partial charge in [-0.15, -0.1) is 11.6 Å². The van der Waals surface area contributed by atoms with E-state index in [0.717, 1.165) is 24.8 Å². The fraction of sp³-hybridized carbons (Fsp3) is 0.727. The number of rotatable bonds is 2. The molecule has 2 N–H and O–H groups in total. The zero-order valence-electron chi connectivity index (χ0n) is 16.3. The van der Waals surface area contributed by atoms with Crippen LogP contribution in [0.15, 0.2) is 23.8 Å². The summed E-state index contributed by atoms with van der Waals surface area (Å²) in [5.41, 5.74) is -1.05. The number of carbonyl (C=O) groups is 2. The van der Waals surface area contributed by atoms with E-state index in [0.29, 0.717) is 13.0 Å². The van der Waals surface area contributed by atoms with Crippen molar-refractivity contribution in [2.45, 2.75) is 56.1 Å². The second kappa shape index (κ2) is 5.57. The van der Waals surface area contributed by atoms with Crippen molar-refractivity contribution < 1.29 is 24.5 Å². The van der Waals surface area contributed by atoms with Gasteiger partial charge in [0.2, 0.25) is 0 Å². The smallest absolute Gasteiger partial charge is 0.190 e. The van der Waals surface area contributed by atoms with Crippen molar-refractivity contribution in [2.24, 2.45) is 28.6 Å². The number of aliphatic hydroxyl groups is 2. The third kappa shape index (κ3) is 1.78. The molecule has 152 valence electrons. The molecule has 4 aliphatic carbocycles. The molecule has 5 nitrogen and oxygen atoms in total. The summed E-state index contributed by atoms with van der Waals surface area (Å²) in [6.07, 6.45) is 7.03. The number of halogens is 1. The molecule has 4 fully saturated rings. The zero-order chi connectivity index (χ0) is 20.1. The Morgan fingerprint density at radius 2 is 2.14 bits per heavy atom. The quantitative estimate of drug-likeness (QED) is 0.687. The van der Waals surface area contributed by atoms with Crippen LogP contribution in [-0.4, -0.2) is 51.6 Å². The van der Waals surface area contributed by atoms with Gasteiger partial charge in [-0.3, -0.25) is 9.59 Å². The second-order valence-electron chi connectivity index (χ2n) is 9.75. The van der Waals surface area contributed by atoms with Gasteiger partial charge in [0, 0.05) is 10.8 Å². The first-order valence-electron chi connectivity index (χ1n) is 10.3. The van der Waals surface area contributed by atoms with E-state index in [4.69, 9.17) is 16.3 Å². The molecule has 0 radical (unpaired) electrons. The molecule has 0 aromatic rings. The van der Waals surface area contributed by atoms with Crippen LogP contribution in [-0.2, 0) is 14.3 Å². The van der Waals surface area contributed by atoms with Crippen LogP contribution < -0.4 is 0 Å². The van der Waals surface area contributed by atoms with Crippen molar-refractivity contribution in [2.75, 3.05) is 13.2 Å². The summed E-state index contributed by atoms with van der Waals surface area (Å²) in [5.74, 6) is -0.156. The lowest BCUT2D eigenvalue weighted by Gasteiger charge is -2.68. The highest BCUT2D eigenvalue weighted by Crippen LogP contribution is 2.75. The molecule has 6 heteroatoms. The number of hydrogen-bond donors (Lipinski definition) is 2. The van der Waals surface area contributed by atoms with E-state index in [1.54, 1.807) is 12.2 Å². The third-order valence-corrected chi connectivity index (χ3v) is 9.94. The topological polar surface area (TPSA) is 83.8 Å². The summed E-state index contributed by atoms with van der Waals surface area (Å²) >= 11 is 7.37. The van der Waals surface area contributed by atoms with Gasteiger partial charge in [0.1, 0.15) is 12.2 Å². The molecule has 1 spiro atoms. The van der Waals surface area contributed by atoms with Gasteiger partial charge >= 0.3 is 0 Å². The van der Waals surface area contributed by atoms with Crippen molar-refractivity contribution in [3.63, 3.8) is 0 Å². The summed E-state index contributed by atoms with van der Waals surface area (Å²) in [6.45, 7) is 3.94.